The molecule has 0 aromatic carbocycles. The Balaban J connectivity index is 1.58. The Bertz CT molecular complexity index is 262. The summed E-state index contributed by atoms with van der Waals surface area (Å²) in [4.78, 5) is 7.90. The number of hydrogen-bond donors (Lipinski definition) is 0. The standard InChI is InChI=1S/C12H20N2O/c1-14-10-3-2-9(12(14)7-4-10)8-13-15-11-5-6-11/h8-12H,2-7H2,1H3. The molecule has 2 heterocycles. The third-order valence-electron chi connectivity index (χ3n) is 4.21. The summed E-state index contributed by atoms with van der Waals surface area (Å²) in [5.74, 6) is 0.632. The monoisotopic (exact) mass is 208 g/mol. The molecule has 3 heteroatoms. The van der Waals surface area contributed by atoms with Crippen molar-refractivity contribution in [1.82, 2.24) is 4.90 Å². The molecule has 0 radical (unpaired) electrons. The number of fused-ring (bicyclic) bond motifs is 2. The number of rotatable bonds is 3. The van der Waals surface area contributed by atoms with Gasteiger partial charge in [0.1, 0.15) is 6.10 Å². The molecule has 3 atom stereocenters. The Labute approximate surface area is 91.5 Å². The lowest BCUT2D eigenvalue weighted by molar-refractivity contribution is 0.121. The van der Waals surface area contributed by atoms with Crippen LogP contribution in [0.1, 0.15) is 38.5 Å². The summed E-state index contributed by atoms with van der Waals surface area (Å²) in [5.41, 5.74) is 0. The van der Waals surface area contributed by atoms with E-state index in [1.165, 1.54) is 38.5 Å². The van der Waals surface area contributed by atoms with Gasteiger partial charge in [0.05, 0.1) is 0 Å². The summed E-state index contributed by atoms with van der Waals surface area (Å²) in [6.07, 6.45) is 10.3. The molecular formula is C12H20N2O. The first-order valence-electron chi connectivity index (χ1n) is 6.26. The largest absolute Gasteiger partial charge is 0.393 e. The van der Waals surface area contributed by atoms with Gasteiger partial charge in [-0.05, 0) is 45.6 Å². The van der Waals surface area contributed by atoms with Crippen molar-refractivity contribution in [3.8, 4) is 0 Å². The minimum absolute atomic E-state index is 0.443. The summed E-state index contributed by atoms with van der Waals surface area (Å²) in [6, 6.07) is 1.58. The minimum Gasteiger partial charge on any atom is -0.393 e. The van der Waals surface area contributed by atoms with Crippen LogP contribution < -0.4 is 0 Å². The van der Waals surface area contributed by atoms with E-state index in [1.54, 1.807) is 0 Å². The van der Waals surface area contributed by atoms with E-state index in [2.05, 4.69) is 23.3 Å². The molecule has 0 aromatic heterocycles. The molecule has 1 aliphatic carbocycles. The average molecular weight is 208 g/mol. The first kappa shape index (κ1) is 9.64. The molecular weight excluding hydrogens is 188 g/mol. The Morgan fingerprint density at radius 3 is 2.73 bits per heavy atom. The molecule has 0 amide bonds. The van der Waals surface area contributed by atoms with Crippen LogP contribution in [0.2, 0.25) is 0 Å². The molecule has 3 nitrogen and oxygen atoms in total. The first-order chi connectivity index (χ1) is 7.34. The van der Waals surface area contributed by atoms with Crippen molar-refractivity contribution in [2.45, 2.75) is 56.7 Å². The van der Waals surface area contributed by atoms with Crippen LogP contribution in [0.25, 0.3) is 0 Å². The number of hydrogen-bond acceptors (Lipinski definition) is 3. The Kier molecular flexibility index (Phi) is 2.43. The highest BCUT2D eigenvalue weighted by Gasteiger charge is 2.39. The van der Waals surface area contributed by atoms with Gasteiger partial charge < -0.3 is 4.84 Å². The van der Waals surface area contributed by atoms with E-state index in [4.69, 9.17) is 4.84 Å². The van der Waals surface area contributed by atoms with Crippen molar-refractivity contribution >= 4 is 6.21 Å². The highest BCUT2D eigenvalue weighted by atomic mass is 16.6. The fourth-order valence-electron chi connectivity index (χ4n) is 3.03. The predicted octanol–water partition coefficient (Wildman–Crippen LogP) is 2.02. The molecule has 3 aliphatic rings. The van der Waals surface area contributed by atoms with Gasteiger partial charge in [0.15, 0.2) is 0 Å². The maximum Gasteiger partial charge on any atom is 0.127 e. The van der Waals surface area contributed by atoms with Crippen LogP contribution in [0.3, 0.4) is 0 Å². The minimum atomic E-state index is 0.443. The van der Waals surface area contributed by atoms with Crippen LogP contribution in [0.4, 0.5) is 0 Å². The van der Waals surface area contributed by atoms with E-state index >= 15 is 0 Å². The van der Waals surface area contributed by atoms with Crippen molar-refractivity contribution in [2.24, 2.45) is 11.1 Å². The highest BCUT2D eigenvalue weighted by molar-refractivity contribution is 5.61. The zero-order valence-electron chi connectivity index (χ0n) is 9.43. The lowest BCUT2D eigenvalue weighted by Crippen LogP contribution is -2.42. The molecule has 2 bridgehead atoms. The maximum absolute atomic E-state index is 5.35. The summed E-state index contributed by atoms with van der Waals surface area (Å²) in [7, 11) is 2.27. The topological polar surface area (TPSA) is 24.8 Å². The van der Waals surface area contributed by atoms with Gasteiger partial charge in [-0.1, -0.05) is 5.16 Å². The van der Waals surface area contributed by atoms with Crippen molar-refractivity contribution in [3.05, 3.63) is 0 Å². The van der Waals surface area contributed by atoms with Crippen molar-refractivity contribution in [2.75, 3.05) is 7.05 Å². The van der Waals surface area contributed by atoms with E-state index in [0.29, 0.717) is 12.0 Å². The Hall–Kier alpha value is -0.570. The molecule has 0 aromatic rings. The van der Waals surface area contributed by atoms with Crippen LogP contribution in [0.5, 0.6) is 0 Å². The van der Waals surface area contributed by atoms with E-state index < -0.39 is 0 Å². The van der Waals surface area contributed by atoms with E-state index in [1.807, 2.05) is 0 Å². The molecule has 0 spiro atoms. The smallest absolute Gasteiger partial charge is 0.127 e. The van der Waals surface area contributed by atoms with Gasteiger partial charge >= 0.3 is 0 Å². The maximum atomic E-state index is 5.35. The molecule has 3 rings (SSSR count). The van der Waals surface area contributed by atoms with E-state index in [9.17, 15) is 0 Å². The second-order valence-corrected chi connectivity index (χ2v) is 5.26. The van der Waals surface area contributed by atoms with E-state index in [-0.39, 0.29) is 0 Å². The molecule has 1 saturated carbocycles. The van der Waals surface area contributed by atoms with Crippen molar-refractivity contribution < 1.29 is 4.84 Å². The molecule has 84 valence electrons. The highest BCUT2D eigenvalue weighted by Crippen LogP contribution is 2.37. The van der Waals surface area contributed by atoms with Crippen LogP contribution in [0, 0.1) is 5.92 Å². The van der Waals surface area contributed by atoms with Crippen LogP contribution in [-0.2, 0) is 4.84 Å². The molecule has 2 saturated heterocycles. The molecule has 3 unspecified atom stereocenters. The van der Waals surface area contributed by atoms with Crippen molar-refractivity contribution in [3.63, 3.8) is 0 Å². The number of oxime groups is 1. The SMILES string of the molecule is CN1C2CCC(C=NOC3CC3)C1CC2. The van der Waals surface area contributed by atoms with Gasteiger partial charge in [-0.15, -0.1) is 0 Å². The zero-order chi connectivity index (χ0) is 10.3. The predicted molar refractivity (Wildman–Crippen MR) is 59.9 cm³/mol. The van der Waals surface area contributed by atoms with Gasteiger partial charge in [0, 0.05) is 24.2 Å². The Morgan fingerprint density at radius 2 is 1.93 bits per heavy atom. The van der Waals surface area contributed by atoms with E-state index in [0.717, 1.165) is 12.1 Å². The fourth-order valence-corrected chi connectivity index (χ4v) is 3.03. The van der Waals surface area contributed by atoms with Crippen molar-refractivity contribution in [1.29, 1.82) is 0 Å². The quantitative estimate of drug-likeness (QED) is 0.523. The molecule has 2 aliphatic heterocycles. The summed E-state index contributed by atoms with van der Waals surface area (Å²) >= 11 is 0. The number of piperidine rings is 1. The summed E-state index contributed by atoms with van der Waals surface area (Å²) in [5, 5.41) is 4.16. The fraction of sp³-hybridized carbons (Fsp3) is 0.917. The molecule has 3 fully saturated rings. The second kappa shape index (κ2) is 3.78. The zero-order valence-corrected chi connectivity index (χ0v) is 9.43. The lowest BCUT2D eigenvalue weighted by atomic mass is 9.92. The van der Waals surface area contributed by atoms with Crippen LogP contribution >= 0.6 is 0 Å². The van der Waals surface area contributed by atoms with Gasteiger partial charge in [0.2, 0.25) is 0 Å². The van der Waals surface area contributed by atoms with Gasteiger partial charge in [0.25, 0.3) is 0 Å². The average Bonchev–Trinajstić information content (AvgIpc) is 3.00. The normalized spacial score (nSPS) is 41.3. The molecule has 0 N–H and O–H groups in total. The lowest BCUT2D eigenvalue weighted by Gasteiger charge is -2.35. The van der Waals surface area contributed by atoms with Crippen LogP contribution in [-0.4, -0.2) is 36.3 Å². The summed E-state index contributed by atoms with van der Waals surface area (Å²) < 4.78 is 0. The Morgan fingerprint density at radius 1 is 1.13 bits per heavy atom. The molecule has 15 heavy (non-hydrogen) atoms. The van der Waals surface area contributed by atoms with Crippen LogP contribution in [0.15, 0.2) is 5.16 Å². The van der Waals surface area contributed by atoms with Gasteiger partial charge in [-0.3, -0.25) is 4.90 Å². The second-order valence-electron chi connectivity index (χ2n) is 5.26. The third kappa shape index (κ3) is 1.89. The number of nitrogens with zero attached hydrogens (tertiary/aromatic N) is 2. The van der Waals surface area contributed by atoms with Gasteiger partial charge in [-0.25, -0.2) is 0 Å². The summed E-state index contributed by atoms with van der Waals surface area (Å²) in [6.45, 7) is 0. The van der Waals surface area contributed by atoms with Gasteiger partial charge in [-0.2, -0.15) is 0 Å². The third-order valence-corrected chi connectivity index (χ3v) is 4.21. The first-order valence-corrected chi connectivity index (χ1v) is 6.26.